The Labute approximate surface area is 109 Å². The summed E-state index contributed by atoms with van der Waals surface area (Å²) in [6, 6.07) is 3.71. The van der Waals surface area contributed by atoms with Gasteiger partial charge >= 0.3 is 0 Å². The molecule has 0 fully saturated rings. The summed E-state index contributed by atoms with van der Waals surface area (Å²) in [6.07, 6.45) is 1.95. The molecule has 100 valence electrons. The lowest BCUT2D eigenvalue weighted by molar-refractivity contribution is 0.0733. The largest absolute Gasteiger partial charge is 0.369 e. The number of amides is 1. The highest BCUT2D eigenvalue weighted by Gasteiger charge is 2.17. The molecule has 5 heteroatoms. The van der Waals surface area contributed by atoms with Crippen molar-refractivity contribution < 1.29 is 4.79 Å². The predicted molar refractivity (Wildman–Crippen MR) is 72.7 cm³/mol. The van der Waals surface area contributed by atoms with Crippen LogP contribution in [-0.2, 0) is 0 Å². The molecule has 1 aromatic heterocycles. The molecule has 0 aromatic carbocycles. The van der Waals surface area contributed by atoms with Crippen molar-refractivity contribution in [2.45, 2.75) is 39.7 Å². The average Bonchev–Trinajstić information content (AvgIpc) is 2.43. The monoisotopic (exact) mass is 250 g/mol. The van der Waals surface area contributed by atoms with E-state index in [1.54, 1.807) is 24.1 Å². The molecule has 0 saturated heterocycles. The van der Waals surface area contributed by atoms with E-state index >= 15 is 0 Å². The van der Waals surface area contributed by atoms with Gasteiger partial charge in [0, 0.05) is 19.6 Å². The van der Waals surface area contributed by atoms with Crippen molar-refractivity contribution >= 4 is 11.7 Å². The lowest BCUT2D eigenvalue weighted by Crippen LogP contribution is -2.35. The van der Waals surface area contributed by atoms with E-state index in [1.807, 2.05) is 6.92 Å². The minimum Gasteiger partial charge on any atom is -0.369 e. The predicted octanol–water partition coefficient (Wildman–Crippen LogP) is 2.17. The molecule has 5 nitrogen and oxygen atoms in total. The fraction of sp³-hybridized carbons (Fsp3) is 0.615. The van der Waals surface area contributed by atoms with E-state index in [0.717, 1.165) is 19.4 Å². The standard InChI is InChI=1S/C13H22N4O/c1-5-9-14-12-8-7-11(15-16-12)13(18)17(4)10(3)6-2/h7-8,10H,5-6,9H2,1-4H3,(H,14,16). The molecule has 1 heterocycles. The Balaban J connectivity index is 2.69. The van der Waals surface area contributed by atoms with E-state index in [4.69, 9.17) is 0 Å². The number of aromatic nitrogens is 2. The first kappa shape index (κ1) is 14.4. The van der Waals surface area contributed by atoms with Gasteiger partial charge in [0.15, 0.2) is 5.69 Å². The average molecular weight is 250 g/mol. The summed E-state index contributed by atoms with van der Waals surface area (Å²) < 4.78 is 0. The third-order valence-corrected chi connectivity index (χ3v) is 3.01. The van der Waals surface area contributed by atoms with E-state index in [-0.39, 0.29) is 11.9 Å². The maximum Gasteiger partial charge on any atom is 0.274 e. The van der Waals surface area contributed by atoms with Gasteiger partial charge in [0.05, 0.1) is 0 Å². The summed E-state index contributed by atoms with van der Waals surface area (Å²) in [4.78, 5) is 13.8. The van der Waals surface area contributed by atoms with Gasteiger partial charge in [-0.2, -0.15) is 0 Å². The van der Waals surface area contributed by atoms with Crippen LogP contribution in [0.5, 0.6) is 0 Å². The van der Waals surface area contributed by atoms with Crippen LogP contribution in [0.15, 0.2) is 12.1 Å². The highest BCUT2D eigenvalue weighted by molar-refractivity contribution is 5.92. The van der Waals surface area contributed by atoms with Crippen molar-refractivity contribution in [2.75, 3.05) is 18.9 Å². The molecule has 1 aromatic rings. The summed E-state index contributed by atoms with van der Waals surface area (Å²) in [7, 11) is 1.79. The molecular weight excluding hydrogens is 228 g/mol. The Kier molecular flexibility index (Phi) is 5.55. The lowest BCUT2D eigenvalue weighted by Gasteiger charge is -2.23. The summed E-state index contributed by atoms with van der Waals surface area (Å²) in [6.45, 7) is 7.01. The fourth-order valence-corrected chi connectivity index (χ4v) is 1.45. The number of hydrogen-bond donors (Lipinski definition) is 1. The van der Waals surface area contributed by atoms with E-state index in [2.05, 4.69) is 29.4 Å². The van der Waals surface area contributed by atoms with Gasteiger partial charge in [0.2, 0.25) is 0 Å². The third-order valence-electron chi connectivity index (χ3n) is 3.01. The zero-order valence-electron chi connectivity index (χ0n) is 11.6. The van der Waals surface area contributed by atoms with Gasteiger partial charge < -0.3 is 10.2 Å². The molecule has 0 bridgehead atoms. The molecule has 0 aliphatic rings. The lowest BCUT2D eigenvalue weighted by atomic mass is 10.2. The van der Waals surface area contributed by atoms with Crippen LogP contribution in [0.25, 0.3) is 0 Å². The number of rotatable bonds is 6. The maximum absolute atomic E-state index is 12.1. The molecule has 1 amide bonds. The van der Waals surface area contributed by atoms with E-state index in [0.29, 0.717) is 11.5 Å². The van der Waals surface area contributed by atoms with Gasteiger partial charge in [0.25, 0.3) is 5.91 Å². The number of hydrogen-bond acceptors (Lipinski definition) is 4. The number of carbonyl (C=O) groups is 1. The van der Waals surface area contributed by atoms with E-state index in [1.165, 1.54) is 0 Å². The quantitative estimate of drug-likeness (QED) is 0.840. The Morgan fingerprint density at radius 2 is 2.11 bits per heavy atom. The van der Waals surface area contributed by atoms with Crippen molar-refractivity contribution in [3.8, 4) is 0 Å². The number of carbonyl (C=O) groups excluding carboxylic acids is 1. The summed E-state index contributed by atoms with van der Waals surface area (Å²) >= 11 is 0. The topological polar surface area (TPSA) is 58.1 Å². The Bertz CT molecular complexity index is 377. The van der Waals surface area contributed by atoms with Crippen molar-refractivity contribution in [3.63, 3.8) is 0 Å². The molecule has 0 aliphatic heterocycles. The second kappa shape index (κ2) is 6.93. The van der Waals surface area contributed by atoms with E-state index < -0.39 is 0 Å². The van der Waals surface area contributed by atoms with Crippen molar-refractivity contribution in [2.24, 2.45) is 0 Å². The number of nitrogens with zero attached hydrogens (tertiary/aromatic N) is 3. The minimum atomic E-state index is -0.0844. The van der Waals surface area contributed by atoms with Gasteiger partial charge in [-0.05, 0) is 31.9 Å². The smallest absolute Gasteiger partial charge is 0.274 e. The normalized spacial score (nSPS) is 12.0. The van der Waals surface area contributed by atoms with Gasteiger partial charge in [-0.15, -0.1) is 10.2 Å². The molecule has 0 aliphatic carbocycles. The van der Waals surface area contributed by atoms with Crippen LogP contribution in [0.4, 0.5) is 5.82 Å². The van der Waals surface area contributed by atoms with Gasteiger partial charge in [-0.25, -0.2) is 0 Å². The van der Waals surface area contributed by atoms with Crippen molar-refractivity contribution in [1.82, 2.24) is 15.1 Å². The third kappa shape index (κ3) is 3.68. The SMILES string of the molecule is CCCNc1ccc(C(=O)N(C)C(C)CC)nn1. The first-order chi connectivity index (χ1) is 8.60. The summed E-state index contributed by atoms with van der Waals surface area (Å²) in [5.41, 5.74) is 0.389. The van der Waals surface area contributed by atoms with Crippen LogP contribution in [0.3, 0.4) is 0 Å². The Morgan fingerprint density at radius 1 is 1.39 bits per heavy atom. The molecule has 0 radical (unpaired) electrons. The molecule has 0 saturated carbocycles. The van der Waals surface area contributed by atoms with Crippen LogP contribution >= 0.6 is 0 Å². The molecule has 0 spiro atoms. The number of nitrogens with one attached hydrogen (secondary N) is 1. The Morgan fingerprint density at radius 3 is 2.61 bits per heavy atom. The second-order valence-electron chi connectivity index (χ2n) is 4.40. The molecular formula is C13H22N4O. The van der Waals surface area contributed by atoms with Crippen molar-refractivity contribution in [1.29, 1.82) is 0 Å². The highest BCUT2D eigenvalue weighted by Crippen LogP contribution is 2.08. The first-order valence-corrected chi connectivity index (χ1v) is 6.44. The number of anilines is 1. The highest BCUT2D eigenvalue weighted by atomic mass is 16.2. The molecule has 1 N–H and O–H groups in total. The fourth-order valence-electron chi connectivity index (χ4n) is 1.45. The zero-order chi connectivity index (χ0) is 13.5. The van der Waals surface area contributed by atoms with Crippen molar-refractivity contribution in [3.05, 3.63) is 17.8 Å². The summed E-state index contributed by atoms with van der Waals surface area (Å²) in [5.74, 6) is 0.624. The minimum absolute atomic E-state index is 0.0844. The second-order valence-corrected chi connectivity index (χ2v) is 4.40. The first-order valence-electron chi connectivity index (χ1n) is 6.44. The molecule has 1 unspecified atom stereocenters. The Hall–Kier alpha value is -1.65. The maximum atomic E-state index is 12.1. The van der Waals surface area contributed by atoms with Gasteiger partial charge in [-0.3, -0.25) is 4.79 Å². The van der Waals surface area contributed by atoms with E-state index in [9.17, 15) is 4.79 Å². The molecule has 1 atom stereocenters. The van der Waals surface area contributed by atoms with Crippen LogP contribution in [0.2, 0.25) is 0 Å². The van der Waals surface area contributed by atoms with Crippen LogP contribution in [0, 0.1) is 0 Å². The molecule has 1 rings (SSSR count). The van der Waals surface area contributed by atoms with Crippen LogP contribution < -0.4 is 5.32 Å². The molecule has 18 heavy (non-hydrogen) atoms. The van der Waals surface area contributed by atoms with Crippen LogP contribution in [0.1, 0.15) is 44.1 Å². The van der Waals surface area contributed by atoms with Gasteiger partial charge in [-0.1, -0.05) is 13.8 Å². The zero-order valence-corrected chi connectivity index (χ0v) is 11.6. The van der Waals surface area contributed by atoms with Gasteiger partial charge in [0.1, 0.15) is 5.82 Å². The van der Waals surface area contributed by atoms with Crippen LogP contribution in [-0.4, -0.2) is 40.6 Å². The summed E-state index contributed by atoms with van der Waals surface area (Å²) in [5, 5.41) is 11.1.